The number of allylic oxidation sites excluding steroid dienone is 4. The van der Waals surface area contributed by atoms with Crippen LogP contribution in [0.25, 0.3) is 5.57 Å². The van der Waals surface area contributed by atoms with Crippen molar-refractivity contribution in [2.75, 3.05) is 0 Å². The van der Waals surface area contributed by atoms with Crippen molar-refractivity contribution in [3.05, 3.63) is 83.4 Å². The van der Waals surface area contributed by atoms with Crippen molar-refractivity contribution in [1.82, 2.24) is 0 Å². The van der Waals surface area contributed by atoms with E-state index in [0.717, 1.165) is 12.1 Å². The second-order valence-electron chi connectivity index (χ2n) is 5.99. The first-order chi connectivity index (χ1) is 10.8. The molecule has 22 heavy (non-hydrogen) atoms. The Kier molecular flexibility index (Phi) is 3.23. The molecule has 0 saturated carbocycles. The highest BCUT2D eigenvalue weighted by atomic mass is 15.2. The lowest BCUT2D eigenvalue weighted by molar-refractivity contribution is 0.758. The molecule has 0 saturated heterocycles. The summed E-state index contributed by atoms with van der Waals surface area (Å²) in [6.07, 6.45) is 7.74. The Morgan fingerprint density at radius 3 is 2.64 bits per heavy atom. The zero-order valence-electron chi connectivity index (χ0n) is 12.6. The average molecular weight is 286 g/mol. The summed E-state index contributed by atoms with van der Waals surface area (Å²) in [6, 6.07) is 17.0. The maximum atomic E-state index is 4.43. The molecule has 108 valence electrons. The topological polar surface area (TPSA) is 24.7 Å². The summed E-state index contributed by atoms with van der Waals surface area (Å²) in [5.41, 5.74) is 6.12. The van der Waals surface area contributed by atoms with E-state index >= 15 is 0 Å². The minimum atomic E-state index is 0.0444. The molecule has 0 radical (unpaired) electrons. The highest BCUT2D eigenvalue weighted by Crippen LogP contribution is 2.40. The molecule has 0 aromatic heterocycles. The second-order valence-corrected chi connectivity index (χ2v) is 5.99. The van der Waals surface area contributed by atoms with Gasteiger partial charge in [0.05, 0.1) is 5.69 Å². The van der Waals surface area contributed by atoms with E-state index in [-0.39, 0.29) is 6.04 Å². The summed E-state index contributed by atoms with van der Waals surface area (Å²) in [5, 5.41) is 8.72. The summed E-state index contributed by atoms with van der Waals surface area (Å²) in [5.74, 6) is 0.586. The first-order valence-corrected chi connectivity index (χ1v) is 7.80. The number of hydrogen-bond donors (Lipinski definition) is 0. The van der Waals surface area contributed by atoms with Crippen molar-refractivity contribution in [2.24, 2.45) is 16.1 Å². The molecule has 1 aliphatic heterocycles. The van der Waals surface area contributed by atoms with Crippen LogP contribution in [-0.2, 0) is 0 Å². The Morgan fingerprint density at radius 2 is 1.82 bits per heavy atom. The number of benzene rings is 2. The van der Waals surface area contributed by atoms with E-state index in [9.17, 15) is 0 Å². The summed E-state index contributed by atoms with van der Waals surface area (Å²) in [6.45, 7) is 2.28. The number of fused-ring (bicyclic) bond motifs is 1. The summed E-state index contributed by atoms with van der Waals surface area (Å²) < 4.78 is 0. The zero-order valence-corrected chi connectivity index (χ0v) is 12.6. The van der Waals surface area contributed by atoms with Gasteiger partial charge < -0.3 is 0 Å². The fourth-order valence-corrected chi connectivity index (χ4v) is 3.22. The molecule has 2 heteroatoms. The maximum absolute atomic E-state index is 4.43. The Balaban J connectivity index is 1.65. The van der Waals surface area contributed by atoms with Crippen LogP contribution in [-0.4, -0.2) is 0 Å². The Morgan fingerprint density at radius 1 is 1.00 bits per heavy atom. The van der Waals surface area contributed by atoms with Crippen molar-refractivity contribution >= 4 is 11.3 Å². The van der Waals surface area contributed by atoms with Crippen LogP contribution in [0.1, 0.15) is 36.1 Å². The lowest BCUT2D eigenvalue weighted by Crippen LogP contribution is -2.01. The van der Waals surface area contributed by atoms with Gasteiger partial charge in [0, 0.05) is 5.56 Å². The van der Waals surface area contributed by atoms with Gasteiger partial charge in [-0.05, 0) is 35.1 Å². The van der Waals surface area contributed by atoms with Gasteiger partial charge in [-0.1, -0.05) is 67.6 Å². The quantitative estimate of drug-likeness (QED) is 0.661. The molecule has 1 heterocycles. The van der Waals surface area contributed by atoms with Gasteiger partial charge in [-0.2, -0.15) is 10.2 Å². The van der Waals surface area contributed by atoms with Crippen molar-refractivity contribution in [3.8, 4) is 0 Å². The van der Waals surface area contributed by atoms with Crippen LogP contribution < -0.4 is 0 Å². The van der Waals surface area contributed by atoms with E-state index < -0.39 is 0 Å². The van der Waals surface area contributed by atoms with E-state index in [1.54, 1.807) is 0 Å². The molecule has 0 bridgehead atoms. The van der Waals surface area contributed by atoms with E-state index in [4.69, 9.17) is 0 Å². The summed E-state index contributed by atoms with van der Waals surface area (Å²) in [4.78, 5) is 0. The van der Waals surface area contributed by atoms with Gasteiger partial charge >= 0.3 is 0 Å². The molecule has 2 unspecified atom stereocenters. The van der Waals surface area contributed by atoms with Crippen molar-refractivity contribution in [1.29, 1.82) is 0 Å². The van der Waals surface area contributed by atoms with Crippen LogP contribution in [0.2, 0.25) is 0 Å². The normalized spacial score (nSPS) is 22.5. The average Bonchev–Trinajstić information content (AvgIpc) is 3.00. The third-order valence-electron chi connectivity index (χ3n) is 4.50. The number of rotatable bonds is 2. The van der Waals surface area contributed by atoms with Crippen LogP contribution in [0.5, 0.6) is 0 Å². The van der Waals surface area contributed by atoms with Crippen LogP contribution in [0.4, 0.5) is 5.69 Å². The third-order valence-corrected chi connectivity index (χ3v) is 4.50. The van der Waals surface area contributed by atoms with Crippen LogP contribution >= 0.6 is 0 Å². The predicted octanol–water partition coefficient (Wildman–Crippen LogP) is 5.85. The zero-order chi connectivity index (χ0) is 14.9. The predicted molar refractivity (Wildman–Crippen MR) is 90.1 cm³/mol. The van der Waals surface area contributed by atoms with Gasteiger partial charge in [-0.3, -0.25) is 0 Å². The minimum absolute atomic E-state index is 0.0444. The third kappa shape index (κ3) is 2.21. The Labute approximate surface area is 130 Å². The molecule has 0 amide bonds. The Bertz CT molecular complexity index is 782. The largest absolute Gasteiger partial charge is 0.175 e. The summed E-state index contributed by atoms with van der Waals surface area (Å²) in [7, 11) is 0. The molecule has 0 N–H and O–H groups in total. The molecule has 2 nitrogen and oxygen atoms in total. The highest BCUT2D eigenvalue weighted by molar-refractivity contribution is 5.70. The molecule has 4 rings (SSSR count). The van der Waals surface area contributed by atoms with Gasteiger partial charge in [0.1, 0.15) is 6.04 Å². The van der Waals surface area contributed by atoms with Crippen LogP contribution in [0.15, 0.2) is 77.0 Å². The molecule has 1 aliphatic carbocycles. The van der Waals surface area contributed by atoms with Gasteiger partial charge in [0.2, 0.25) is 0 Å². The van der Waals surface area contributed by atoms with E-state index in [0.29, 0.717) is 5.92 Å². The highest BCUT2D eigenvalue weighted by Gasteiger charge is 2.22. The molecular weight excluding hydrogens is 268 g/mol. The lowest BCUT2D eigenvalue weighted by atomic mass is 9.87. The molecule has 0 fully saturated rings. The Hall–Kier alpha value is -2.48. The van der Waals surface area contributed by atoms with Gasteiger partial charge in [0.15, 0.2) is 0 Å². The first kappa shape index (κ1) is 13.2. The fourth-order valence-electron chi connectivity index (χ4n) is 3.22. The standard InChI is InChI=1S/C20H18N2/c1-14-6-2-3-7-17(14)15-10-12-16(13-11-15)20-18-8-4-5-9-19(18)21-22-20/h2-5,7-14,20H,6H2,1H3. The minimum Gasteiger partial charge on any atom is -0.175 e. The van der Waals surface area contributed by atoms with Crippen molar-refractivity contribution in [3.63, 3.8) is 0 Å². The number of azo groups is 1. The number of nitrogens with zero attached hydrogens (tertiary/aromatic N) is 2. The van der Waals surface area contributed by atoms with Crippen LogP contribution in [0.3, 0.4) is 0 Å². The van der Waals surface area contributed by atoms with Crippen molar-refractivity contribution in [2.45, 2.75) is 19.4 Å². The second kappa shape index (κ2) is 5.38. The fraction of sp³-hybridized carbons (Fsp3) is 0.200. The lowest BCUT2D eigenvalue weighted by Gasteiger charge is -2.18. The first-order valence-electron chi connectivity index (χ1n) is 7.80. The van der Waals surface area contributed by atoms with E-state index in [1.165, 1.54) is 22.3 Å². The van der Waals surface area contributed by atoms with Gasteiger partial charge in [0.25, 0.3) is 0 Å². The molecule has 0 spiro atoms. The van der Waals surface area contributed by atoms with Crippen molar-refractivity contribution < 1.29 is 0 Å². The SMILES string of the molecule is CC1CC=CC=C1c1ccc(C2N=Nc3ccccc32)cc1. The van der Waals surface area contributed by atoms with Crippen LogP contribution in [0, 0.1) is 5.92 Å². The van der Waals surface area contributed by atoms with E-state index in [1.807, 2.05) is 12.1 Å². The van der Waals surface area contributed by atoms with Gasteiger partial charge in [-0.25, -0.2) is 0 Å². The summed E-state index contributed by atoms with van der Waals surface area (Å²) >= 11 is 0. The molecule has 2 aromatic carbocycles. The number of hydrogen-bond acceptors (Lipinski definition) is 2. The molecule has 2 aliphatic rings. The maximum Gasteiger partial charge on any atom is 0.123 e. The smallest absolute Gasteiger partial charge is 0.123 e. The molecule has 2 atom stereocenters. The molecular formula is C20H18N2. The molecule has 2 aromatic rings. The van der Waals surface area contributed by atoms with Gasteiger partial charge in [-0.15, -0.1) is 0 Å². The monoisotopic (exact) mass is 286 g/mol. The van der Waals surface area contributed by atoms with E-state index in [2.05, 4.69) is 71.8 Å².